The van der Waals surface area contributed by atoms with E-state index in [0.29, 0.717) is 13.0 Å². The molecule has 1 fully saturated rings. The zero-order valence-corrected chi connectivity index (χ0v) is 10.7. The van der Waals surface area contributed by atoms with Gasteiger partial charge >= 0.3 is 0 Å². The van der Waals surface area contributed by atoms with Crippen LogP contribution in [0.3, 0.4) is 0 Å². The smallest absolute Gasteiger partial charge is 0.239 e. The number of nitrogens with two attached hydrogens (primary N) is 2. The summed E-state index contributed by atoms with van der Waals surface area (Å²) in [5.41, 5.74) is 11.1. The monoisotopic (exact) mass is 241 g/mol. The fourth-order valence-corrected chi connectivity index (χ4v) is 2.29. The van der Waals surface area contributed by atoms with Crippen molar-refractivity contribution in [2.75, 3.05) is 6.54 Å². The fourth-order valence-electron chi connectivity index (χ4n) is 2.29. The molecule has 2 amide bonds. The molecule has 0 aliphatic carbocycles. The van der Waals surface area contributed by atoms with E-state index < -0.39 is 6.04 Å². The Bertz CT molecular complexity index is 293. The van der Waals surface area contributed by atoms with E-state index in [0.717, 1.165) is 19.3 Å². The van der Waals surface area contributed by atoms with E-state index in [-0.39, 0.29) is 23.8 Å². The van der Waals surface area contributed by atoms with Gasteiger partial charge in [0.2, 0.25) is 11.8 Å². The van der Waals surface area contributed by atoms with E-state index in [1.807, 2.05) is 13.8 Å². The minimum atomic E-state index is -0.450. The minimum absolute atomic E-state index is 0.0506. The van der Waals surface area contributed by atoms with Gasteiger partial charge in [0.05, 0.1) is 12.0 Å². The molecule has 1 heterocycles. The highest BCUT2D eigenvalue weighted by molar-refractivity contribution is 5.83. The molecule has 17 heavy (non-hydrogen) atoms. The molecule has 0 aromatic carbocycles. The van der Waals surface area contributed by atoms with E-state index in [9.17, 15) is 9.59 Å². The molecular weight excluding hydrogens is 218 g/mol. The van der Waals surface area contributed by atoms with E-state index in [1.165, 1.54) is 0 Å². The van der Waals surface area contributed by atoms with Crippen LogP contribution in [0.5, 0.6) is 0 Å². The average molecular weight is 241 g/mol. The fraction of sp³-hybridized carbons (Fsp3) is 0.833. The van der Waals surface area contributed by atoms with Gasteiger partial charge in [0, 0.05) is 12.6 Å². The predicted octanol–water partition coefficient (Wildman–Crippen LogP) is 0.226. The molecule has 1 saturated heterocycles. The Morgan fingerprint density at radius 2 is 2.06 bits per heavy atom. The molecule has 0 radical (unpaired) electrons. The van der Waals surface area contributed by atoms with Crippen molar-refractivity contribution in [3.8, 4) is 0 Å². The van der Waals surface area contributed by atoms with Gasteiger partial charge in [0.1, 0.15) is 0 Å². The Balaban J connectivity index is 2.66. The van der Waals surface area contributed by atoms with E-state index in [2.05, 4.69) is 0 Å². The SMILES string of the molecule is CCC[C@@H](N)C(=O)N1CC(C(N)=O)CCC1C. The minimum Gasteiger partial charge on any atom is -0.369 e. The van der Waals surface area contributed by atoms with Crippen molar-refractivity contribution >= 4 is 11.8 Å². The second-order valence-electron chi connectivity index (χ2n) is 4.91. The Morgan fingerprint density at radius 1 is 1.41 bits per heavy atom. The molecular formula is C12H23N3O2. The second-order valence-corrected chi connectivity index (χ2v) is 4.91. The van der Waals surface area contributed by atoms with Crippen LogP contribution in [0, 0.1) is 5.92 Å². The molecule has 0 aromatic heterocycles. The zero-order valence-electron chi connectivity index (χ0n) is 10.7. The molecule has 98 valence electrons. The number of likely N-dealkylation sites (tertiary alicyclic amines) is 1. The van der Waals surface area contributed by atoms with Gasteiger partial charge in [-0.1, -0.05) is 13.3 Å². The van der Waals surface area contributed by atoms with Crippen LogP contribution in [0.15, 0.2) is 0 Å². The quantitative estimate of drug-likeness (QED) is 0.738. The Hall–Kier alpha value is -1.10. The van der Waals surface area contributed by atoms with Crippen LogP contribution in [-0.4, -0.2) is 35.3 Å². The lowest BCUT2D eigenvalue weighted by Crippen LogP contribution is -2.53. The summed E-state index contributed by atoms with van der Waals surface area (Å²) >= 11 is 0. The van der Waals surface area contributed by atoms with E-state index >= 15 is 0 Å². The Kier molecular flexibility index (Phi) is 4.93. The van der Waals surface area contributed by atoms with Gasteiger partial charge in [-0.3, -0.25) is 9.59 Å². The lowest BCUT2D eigenvalue weighted by atomic mass is 9.92. The summed E-state index contributed by atoms with van der Waals surface area (Å²) in [4.78, 5) is 25.0. The van der Waals surface area contributed by atoms with Gasteiger partial charge < -0.3 is 16.4 Å². The van der Waals surface area contributed by atoms with Gasteiger partial charge in [0.25, 0.3) is 0 Å². The highest BCUT2D eigenvalue weighted by Gasteiger charge is 2.33. The lowest BCUT2D eigenvalue weighted by Gasteiger charge is -2.38. The van der Waals surface area contributed by atoms with Crippen molar-refractivity contribution in [3.05, 3.63) is 0 Å². The molecule has 1 rings (SSSR count). The number of carbonyl (C=O) groups is 2. The molecule has 5 heteroatoms. The first-order valence-corrected chi connectivity index (χ1v) is 6.32. The number of piperidine rings is 1. The first kappa shape index (κ1) is 14.0. The molecule has 4 N–H and O–H groups in total. The predicted molar refractivity (Wildman–Crippen MR) is 66.0 cm³/mol. The number of hydrogen-bond donors (Lipinski definition) is 2. The second kappa shape index (κ2) is 6.00. The summed E-state index contributed by atoms with van der Waals surface area (Å²) in [6, 6.07) is -0.296. The van der Waals surface area contributed by atoms with Gasteiger partial charge in [0.15, 0.2) is 0 Å². The average Bonchev–Trinajstić information content (AvgIpc) is 2.28. The standard InChI is InChI=1S/C12H23N3O2/c1-3-4-10(13)12(17)15-7-9(11(14)16)6-5-8(15)2/h8-10H,3-7,13H2,1-2H3,(H2,14,16)/t8?,9?,10-/m1/s1. The Labute approximate surface area is 103 Å². The summed E-state index contributed by atoms with van der Waals surface area (Å²) in [6.45, 7) is 4.42. The van der Waals surface area contributed by atoms with Crippen LogP contribution in [0.1, 0.15) is 39.5 Å². The van der Waals surface area contributed by atoms with Crippen LogP contribution in [0.25, 0.3) is 0 Å². The molecule has 3 atom stereocenters. The zero-order chi connectivity index (χ0) is 13.0. The maximum Gasteiger partial charge on any atom is 0.239 e. The molecule has 0 spiro atoms. The van der Waals surface area contributed by atoms with Crippen molar-refractivity contribution in [2.45, 2.75) is 51.6 Å². The largest absolute Gasteiger partial charge is 0.369 e. The first-order valence-electron chi connectivity index (χ1n) is 6.32. The lowest BCUT2D eigenvalue weighted by molar-refractivity contribution is -0.139. The molecule has 1 aliphatic rings. The van der Waals surface area contributed by atoms with E-state index in [4.69, 9.17) is 11.5 Å². The van der Waals surface area contributed by atoms with Crippen LogP contribution in [0.4, 0.5) is 0 Å². The number of rotatable bonds is 4. The number of hydrogen-bond acceptors (Lipinski definition) is 3. The molecule has 0 aromatic rings. The van der Waals surface area contributed by atoms with Gasteiger partial charge in [-0.25, -0.2) is 0 Å². The molecule has 0 saturated carbocycles. The van der Waals surface area contributed by atoms with Crippen molar-refractivity contribution < 1.29 is 9.59 Å². The van der Waals surface area contributed by atoms with Crippen molar-refractivity contribution in [1.29, 1.82) is 0 Å². The maximum atomic E-state index is 12.1. The van der Waals surface area contributed by atoms with Crippen molar-refractivity contribution in [2.24, 2.45) is 17.4 Å². The maximum absolute atomic E-state index is 12.1. The highest BCUT2D eigenvalue weighted by Crippen LogP contribution is 2.22. The molecule has 0 bridgehead atoms. The number of primary amides is 1. The highest BCUT2D eigenvalue weighted by atomic mass is 16.2. The normalized spacial score (nSPS) is 26.6. The van der Waals surface area contributed by atoms with Gasteiger partial charge in [-0.15, -0.1) is 0 Å². The van der Waals surface area contributed by atoms with Crippen LogP contribution in [0.2, 0.25) is 0 Å². The summed E-state index contributed by atoms with van der Waals surface area (Å²) in [5, 5.41) is 0. The molecule has 1 aliphatic heterocycles. The molecule has 5 nitrogen and oxygen atoms in total. The summed E-state index contributed by atoms with van der Waals surface area (Å²) < 4.78 is 0. The number of amides is 2. The van der Waals surface area contributed by atoms with Gasteiger partial charge in [-0.05, 0) is 26.2 Å². The van der Waals surface area contributed by atoms with E-state index in [1.54, 1.807) is 4.90 Å². The van der Waals surface area contributed by atoms with Crippen LogP contribution < -0.4 is 11.5 Å². The summed E-state index contributed by atoms with van der Waals surface area (Å²) in [5.74, 6) is -0.590. The Morgan fingerprint density at radius 3 is 2.59 bits per heavy atom. The van der Waals surface area contributed by atoms with Crippen molar-refractivity contribution in [1.82, 2.24) is 4.90 Å². The van der Waals surface area contributed by atoms with Crippen molar-refractivity contribution in [3.63, 3.8) is 0 Å². The van der Waals surface area contributed by atoms with Crippen LogP contribution >= 0.6 is 0 Å². The third kappa shape index (κ3) is 3.43. The number of carbonyl (C=O) groups excluding carboxylic acids is 2. The topological polar surface area (TPSA) is 89.4 Å². The third-order valence-corrected chi connectivity index (χ3v) is 3.48. The third-order valence-electron chi connectivity index (χ3n) is 3.48. The summed E-state index contributed by atoms with van der Waals surface area (Å²) in [7, 11) is 0. The van der Waals surface area contributed by atoms with Gasteiger partial charge in [-0.2, -0.15) is 0 Å². The number of nitrogens with zero attached hydrogens (tertiary/aromatic N) is 1. The first-order chi connectivity index (χ1) is 7.97. The molecule has 2 unspecified atom stereocenters. The van der Waals surface area contributed by atoms with Crippen LogP contribution in [-0.2, 0) is 9.59 Å². The summed E-state index contributed by atoms with van der Waals surface area (Å²) in [6.07, 6.45) is 3.15.